The third-order valence-electron chi connectivity index (χ3n) is 9.63. The number of pyridine rings is 5. The first-order valence-corrected chi connectivity index (χ1v) is 21.8. The number of rotatable bonds is 1. The highest BCUT2D eigenvalue weighted by molar-refractivity contribution is 5.81. The summed E-state index contributed by atoms with van der Waals surface area (Å²) in [7, 11) is 1.93. The van der Waals surface area contributed by atoms with Crippen LogP contribution in [-0.4, -0.2) is 61.2 Å². The zero-order valence-corrected chi connectivity index (χ0v) is 38.0. The van der Waals surface area contributed by atoms with Gasteiger partial charge in [-0.05, 0) is 102 Å². The van der Waals surface area contributed by atoms with E-state index in [1.54, 1.807) is 35.5 Å². The lowest BCUT2D eigenvalue weighted by molar-refractivity contribution is 0.939. The molecule has 13 rings (SSSR count). The maximum absolute atomic E-state index is 4.18. The Balaban J connectivity index is 0.000000128. The summed E-state index contributed by atoms with van der Waals surface area (Å²) in [5.41, 5.74) is 7.68. The molecule has 334 valence electrons. The number of aryl methyl sites for hydroxylation is 1. The molecule has 67 heavy (non-hydrogen) atoms. The number of para-hydroxylation sites is 2. The van der Waals surface area contributed by atoms with Gasteiger partial charge in [-0.3, -0.25) is 15.0 Å². The van der Waals surface area contributed by atoms with Gasteiger partial charge in [0.2, 0.25) is 0 Å². The van der Waals surface area contributed by atoms with Gasteiger partial charge in [0.1, 0.15) is 5.65 Å². The number of aromatic amines is 2. The molecule has 0 aliphatic heterocycles. The second-order valence-corrected chi connectivity index (χ2v) is 14.0. The van der Waals surface area contributed by atoms with E-state index in [0.29, 0.717) is 0 Å². The minimum atomic E-state index is 0.887. The molecular formula is C55H54N12. The topological polar surface area (TPSA) is 143 Å². The monoisotopic (exact) mass is 882 g/mol. The molecule has 3 aromatic carbocycles. The molecule has 0 amide bonds. The molecule has 12 nitrogen and oxygen atoms in total. The van der Waals surface area contributed by atoms with Crippen LogP contribution in [0.4, 0.5) is 5.69 Å². The van der Waals surface area contributed by atoms with E-state index in [0.717, 1.165) is 38.6 Å². The number of benzene rings is 3. The van der Waals surface area contributed by atoms with Crippen LogP contribution >= 0.6 is 0 Å². The molecule has 0 saturated carbocycles. The molecular weight excluding hydrogens is 829 g/mol. The number of fused-ring (bicyclic) bond motifs is 6. The minimum Gasteiger partial charge on any atom is -0.388 e. The quantitative estimate of drug-likeness (QED) is 0.148. The zero-order valence-electron chi connectivity index (χ0n) is 38.0. The molecule has 0 fully saturated rings. The van der Waals surface area contributed by atoms with Crippen molar-refractivity contribution in [1.29, 1.82) is 0 Å². The molecule has 0 bridgehead atoms. The van der Waals surface area contributed by atoms with Crippen molar-refractivity contribution in [1.82, 2.24) is 54.1 Å². The van der Waals surface area contributed by atoms with Crippen molar-refractivity contribution in [2.75, 3.05) is 12.4 Å². The van der Waals surface area contributed by atoms with Gasteiger partial charge in [0, 0.05) is 115 Å². The lowest BCUT2D eigenvalue weighted by Gasteiger charge is -2.01. The number of hydrogen-bond acceptors (Lipinski definition) is 8. The Labute approximate surface area is 390 Å². The van der Waals surface area contributed by atoms with E-state index in [1.165, 1.54) is 27.4 Å². The van der Waals surface area contributed by atoms with Gasteiger partial charge in [0.15, 0.2) is 5.65 Å². The first kappa shape index (κ1) is 47.4. The maximum Gasteiger partial charge on any atom is 0.154 e. The van der Waals surface area contributed by atoms with Gasteiger partial charge in [-0.1, -0.05) is 86.6 Å². The van der Waals surface area contributed by atoms with E-state index in [9.17, 15) is 0 Å². The van der Waals surface area contributed by atoms with Crippen LogP contribution < -0.4 is 5.32 Å². The van der Waals surface area contributed by atoms with Gasteiger partial charge >= 0.3 is 0 Å². The summed E-state index contributed by atoms with van der Waals surface area (Å²) < 4.78 is 3.56. The third kappa shape index (κ3) is 14.8. The summed E-state index contributed by atoms with van der Waals surface area (Å²) in [4.78, 5) is 26.4. The summed E-state index contributed by atoms with van der Waals surface area (Å²) in [6.07, 6.45) is 23.7. The van der Waals surface area contributed by atoms with E-state index >= 15 is 0 Å². The van der Waals surface area contributed by atoms with E-state index in [2.05, 4.69) is 93.7 Å². The van der Waals surface area contributed by atoms with E-state index < -0.39 is 0 Å². The van der Waals surface area contributed by atoms with Crippen molar-refractivity contribution in [3.63, 3.8) is 0 Å². The van der Waals surface area contributed by atoms with Crippen molar-refractivity contribution in [2.45, 2.75) is 20.8 Å². The Bertz CT molecular complexity index is 2800. The van der Waals surface area contributed by atoms with Crippen LogP contribution in [-0.2, 0) is 0 Å². The molecule has 12 heteroatoms. The Kier molecular flexibility index (Phi) is 18.8. The predicted molar refractivity (Wildman–Crippen MR) is 276 cm³/mol. The Morgan fingerprint density at radius 3 is 1.82 bits per heavy atom. The lowest BCUT2D eigenvalue weighted by atomic mass is 10.2. The molecule has 3 N–H and O–H groups in total. The predicted octanol–water partition coefficient (Wildman–Crippen LogP) is 12.7. The number of nitrogens with zero attached hydrogens (tertiary/aromatic N) is 9. The highest BCUT2D eigenvalue weighted by Crippen LogP contribution is 2.12. The summed E-state index contributed by atoms with van der Waals surface area (Å²) in [5, 5.41) is 17.1. The second kappa shape index (κ2) is 26.6. The molecule has 10 heterocycles. The summed E-state index contributed by atoms with van der Waals surface area (Å²) >= 11 is 0. The summed E-state index contributed by atoms with van der Waals surface area (Å²) in [6, 6.07) is 52.1. The number of anilines is 1. The van der Waals surface area contributed by atoms with Crippen LogP contribution in [0.2, 0.25) is 0 Å². The van der Waals surface area contributed by atoms with Crippen molar-refractivity contribution in [3.05, 3.63) is 244 Å². The van der Waals surface area contributed by atoms with Crippen molar-refractivity contribution < 1.29 is 0 Å². The standard InChI is InChI=1S/2C9H7N.C8H11N.3C7H6N2.C6H5N3.C2H6/c1-2-6-9-8(4-1)5-3-7-10-9;1-2-4-9-7-10-6-5-8(9)3-1;1-7-5-3-4-6-8(7)9-2;1-4-9-7-2-3-8-5-6(1)7;1-2-6-3-5-9-7(6)8-4-1;1-2-6-9-7(3-1)4-5-8-9;1-3-7-6-2-4-8-9(6)5-1;1-2/h2*1-7H;3-6,9H,1-2H3;1-5,9H;1-5H,(H,8,9);1-6H;1-5H;1-2H3. The van der Waals surface area contributed by atoms with Crippen molar-refractivity contribution in [2.24, 2.45) is 0 Å². The van der Waals surface area contributed by atoms with Crippen LogP contribution in [0.1, 0.15) is 19.4 Å². The molecule has 0 aliphatic rings. The number of aromatic nitrogens is 11. The van der Waals surface area contributed by atoms with E-state index in [-0.39, 0.29) is 0 Å². The number of nitrogens with one attached hydrogen (secondary N) is 3. The first-order chi connectivity index (χ1) is 33.1. The zero-order chi connectivity index (χ0) is 46.7. The van der Waals surface area contributed by atoms with Gasteiger partial charge in [-0.25, -0.2) is 19.0 Å². The second-order valence-electron chi connectivity index (χ2n) is 14.0. The van der Waals surface area contributed by atoms with Crippen LogP contribution in [0.5, 0.6) is 0 Å². The van der Waals surface area contributed by atoms with Gasteiger partial charge in [0.25, 0.3) is 0 Å². The van der Waals surface area contributed by atoms with Crippen molar-refractivity contribution in [3.8, 4) is 0 Å². The Morgan fingerprint density at radius 2 is 1.07 bits per heavy atom. The van der Waals surface area contributed by atoms with Crippen LogP contribution in [0, 0.1) is 6.92 Å². The molecule has 0 saturated heterocycles. The third-order valence-corrected chi connectivity index (χ3v) is 9.63. The number of hydrogen-bond donors (Lipinski definition) is 3. The van der Waals surface area contributed by atoms with Crippen LogP contribution in [0.25, 0.3) is 54.8 Å². The molecule has 0 unspecified atom stereocenters. The molecule has 0 spiro atoms. The fraction of sp³-hybridized carbons (Fsp3) is 0.0727. The maximum atomic E-state index is 4.18. The summed E-state index contributed by atoms with van der Waals surface area (Å²) in [6.45, 7) is 6.09. The van der Waals surface area contributed by atoms with Crippen LogP contribution in [0.15, 0.2) is 238 Å². The molecule has 0 radical (unpaired) electrons. The average molecular weight is 883 g/mol. The largest absolute Gasteiger partial charge is 0.388 e. The fourth-order valence-electron chi connectivity index (χ4n) is 6.30. The normalized spacial score (nSPS) is 9.79. The first-order valence-electron chi connectivity index (χ1n) is 21.8. The average Bonchev–Trinajstić information content (AvgIpc) is 4.27. The minimum absolute atomic E-state index is 0.887. The van der Waals surface area contributed by atoms with E-state index in [4.69, 9.17) is 0 Å². The van der Waals surface area contributed by atoms with Gasteiger partial charge in [-0.2, -0.15) is 10.2 Å². The van der Waals surface area contributed by atoms with Gasteiger partial charge < -0.3 is 15.3 Å². The van der Waals surface area contributed by atoms with E-state index in [1.807, 2.05) is 196 Å². The highest BCUT2D eigenvalue weighted by atomic mass is 15.2. The van der Waals surface area contributed by atoms with Crippen molar-refractivity contribution >= 4 is 60.5 Å². The lowest BCUT2D eigenvalue weighted by Crippen LogP contribution is -1.89. The Hall–Kier alpha value is -9.03. The smallest absolute Gasteiger partial charge is 0.154 e. The highest BCUT2D eigenvalue weighted by Gasteiger charge is 1.92. The molecule has 10 aromatic heterocycles. The molecule has 0 aliphatic carbocycles. The number of H-pyrrole nitrogens is 2. The molecule has 0 atom stereocenters. The summed E-state index contributed by atoms with van der Waals surface area (Å²) in [5.74, 6) is 0. The van der Waals surface area contributed by atoms with Crippen LogP contribution in [0.3, 0.4) is 0 Å². The van der Waals surface area contributed by atoms with Gasteiger partial charge in [-0.15, -0.1) is 0 Å². The SMILES string of the molecule is CC.CNc1ccccc1C.c1cc2[nH]ccc2cn1.c1ccc2cnccc2c1.c1ccc2ncccc2c1.c1ccn2nccc2c1.c1cnc2[nH]ccc2c1.c1cnc2ccnn2c1. The fourth-order valence-corrected chi connectivity index (χ4v) is 6.30. The van der Waals surface area contributed by atoms with Gasteiger partial charge in [0.05, 0.1) is 17.2 Å². The molecule has 13 aromatic rings. The Morgan fingerprint density at radius 1 is 0.448 bits per heavy atom.